The normalized spacial score (nSPS) is 30.6. The van der Waals surface area contributed by atoms with E-state index in [4.69, 9.17) is 5.73 Å². The topological polar surface area (TPSA) is 29.3 Å². The molecule has 0 radical (unpaired) electrons. The molecule has 0 aromatic carbocycles. The van der Waals surface area contributed by atoms with Gasteiger partial charge in [-0.1, -0.05) is 0 Å². The molecule has 82 valence electrons. The minimum atomic E-state index is 0.208. The largest absolute Gasteiger partial charge is 0.325 e. The van der Waals surface area contributed by atoms with Crippen LogP contribution in [-0.2, 0) is 0 Å². The van der Waals surface area contributed by atoms with E-state index in [1.54, 1.807) is 0 Å². The molecule has 2 rings (SSSR count). The zero-order valence-electron chi connectivity index (χ0n) is 9.17. The van der Waals surface area contributed by atoms with E-state index >= 15 is 0 Å². The molecule has 1 saturated carbocycles. The van der Waals surface area contributed by atoms with E-state index in [2.05, 4.69) is 23.7 Å². The summed E-state index contributed by atoms with van der Waals surface area (Å²) >= 11 is 2.09. The molecule has 0 aromatic heterocycles. The average molecular weight is 214 g/mol. The maximum atomic E-state index is 6.22. The van der Waals surface area contributed by atoms with Crippen LogP contribution < -0.4 is 5.73 Å². The van der Waals surface area contributed by atoms with E-state index in [0.717, 1.165) is 6.04 Å². The first-order chi connectivity index (χ1) is 6.70. The van der Waals surface area contributed by atoms with Crippen molar-refractivity contribution < 1.29 is 0 Å². The maximum Gasteiger partial charge on any atom is 0.0191 e. The molecule has 1 aliphatic heterocycles. The van der Waals surface area contributed by atoms with Crippen LogP contribution in [0.1, 0.15) is 32.1 Å². The Bertz CT molecular complexity index is 186. The Labute approximate surface area is 91.6 Å². The Kier molecular flexibility index (Phi) is 3.40. The Morgan fingerprint density at radius 3 is 2.79 bits per heavy atom. The molecule has 1 aliphatic carbocycles. The van der Waals surface area contributed by atoms with Crippen molar-refractivity contribution in [2.24, 2.45) is 5.73 Å². The molecular formula is C11H22N2S. The minimum Gasteiger partial charge on any atom is -0.325 e. The molecule has 1 heterocycles. The van der Waals surface area contributed by atoms with Crippen LogP contribution in [0.15, 0.2) is 0 Å². The lowest BCUT2D eigenvalue weighted by atomic mass is 9.75. The predicted molar refractivity (Wildman–Crippen MR) is 63.7 cm³/mol. The molecule has 1 atom stereocenters. The van der Waals surface area contributed by atoms with Gasteiger partial charge in [0.25, 0.3) is 0 Å². The highest BCUT2D eigenvalue weighted by Gasteiger charge is 2.32. The summed E-state index contributed by atoms with van der Waals surface area (Å²) in [4.78, 5) is 2.52. The van der Waals surface area contributed by atoms with E-state index in [1.807, 2.05) is 0 Å². The van der Waals surface area contributed by atoms with Crippen LogP contribution >= 0.6 is 11.8 Å². The van der Waals surface area contributed by atoms with Crippen molar-refractivity contribution in [2.45, 2.75) is 43.7 Å². The fourth-order valence-corrected chi connectivity index (χ4v) is 3.63. The summed E-state index contributed by atoms with van der Waals surface area (Å²) in [5.41, 5.74) is 6.43. The molecule has 14 heavy (non-hydrogen) atoms. The van der Waals surface area contributed by atoms with Crippen LogP contribution in [-0.4, -0.2) is 41.6 Å². The lowest BCUT2D eigenvalue weighted by Gasteiger charge is -2.40. The summed E-state index contributed by atoms with van der Waals surface area (Å²) in [7, 11) is 2.26. The molecule has 0 aromatic rings. The van der Waals surface area contributed by atoms with Gasteiger partial charge in [0.2, 0.25) is 0 Å². The monoisotopic (exact) mass is 214 g/mol. The Morgan fingerprint density at radius 2 is 2.29 bits per heavy atom. The van der Waals surface area contributed by atoms with Gasteiger partial charge in [-0.05, 0) is 51.4 Å². The van der Waals surface area contributed by atoms with Gasteiger partial charge in [-0.25, -0.2) is 0 Å². The van der Waals surface area contributed by atoms with Crippen LogP contribution in [0.3, 0.4) is 0 Å². The van der Waals surface area contributed by atoms with Crippen molar-refractivity contribution in [3.63, 3.8) is 0 Å². The highest BCUT2D eigenvalue weighted by atomic mass is 32.2. The first-order valence-electron chi connectivity index (χ1n) is 5.76. The third kappa shape index (κ3) is 2.44. The Balaban J connectivity index is 1.68. The third-order valence-electron chi connectivity index (χ3n) is 3.84. The van der Waals surface area contributed by atoms with Crippen molar-refractivity contribution >= 4 is 11.8 Å². The van der Waals surface area contributed by atoms with Crippen LogP contribution in [0.2, 0.25) is 0 Å². The molecule has 1 unspecified atom stereocenters. The molecule has 1 saturated heterocycles. The second-order valence-corrected chi connectivity index (χ2v) is 6.11. The molecule has 0 spiro atoms. The van der Waals surface area contributed by atoms with E-state index in [1.165, 1.54) is 50.2 Å². The number of hydrogen-bond acceptors (Lipinski definition) is 3. The summed E-state index contributed by atoms with van der Waals surface area (Å²) in [6.45, 7) is 1.20. The summed E-state index contributed by atoms with van der Waals surface area (Å²) in [6.07, 6.45) is 6.42. The molecule has 3 heteroatoms. The molecule has 0 amide bonds. The Hall–Kier alpha value is 0.270. The number of hydrogen-bond donors (Lipinski definition) is 1. The van der Waals surface area contributed by atoms with Gasteiger partial charge in [0, 0.05) is 17.3 Å². The lowest BCUT2D eigenvalue weighted by molar-refractivity contribution is 0.177. The number of thioether (sulfide) groups is 1. The Morgan fingerprint density at radius 1 is 1.50 bits per heavy atom. The van der Waals surface area contributed by atoms with Crippen molar-refractivity contribution in [1.29, 1.82) is 0 Å². The zero-order valence-corrected chi connectivity index (χ0v) is 9.98. The van der Waals surface area contributed by atoms with Gasteiger partial charge in [-0.2, -0.15) is 11.8 Å². The maximum absolute atomic E-state index is 6.22. The van der Waals surface area contributed by atoms with Crippen LogP contribution in [0.5, 0.6) is 0 Å². The quantitative estimate of drug-likeness (QED) is 0.772. The van der Waals surface area contributed by atoms with Crippen molar-refractivity contribution in [1.82, 2.24) is 4.90 Å². The highest BCUT2D eigenvalue weighted by molar-refractivity contribution is 7.99. The molecular weight excluding hydrogens is 192 g/mol. The number of nitrogens with zero attached hydrogens (tertiary/aromatic N) is 1. The van der Waals surface area contributed by atoms with Crippen molar-refractivity contribution in [3.8, 4) is 0 Å². The van der Waals surface area contributed by atoms with Gasteiger partial charge in [0.05, 0.1) is 0 Å². The van der Waals surface area contributed by atoms with Gasteiger partial charge in [0.1, 0.15) is 0 Å². The average Bonchev–Trinajstić information content (AvgIpc) is 2.63. The second-order valence-electron chi connectivity index (χ2n) is 4.96. The molecule has 2 fully saturated rings. The van der Waals surface area contributed by atoms with Gasteiger partial charge in [-0.15, -0.1) is 0 Å². The first kappa shape index (κ1) is 10.8. The first-order valence-corrected chi connectivity index (χ1v) is 6.92. The summed E-state index contributed by atoms with van der Waals surface area (Å²) in [5, 5.41) is 0. The van der Waals surface area contributed by atoms with Crippen molar-refractivity contribution in [3.05, 3.63) is 0 Å². The molecule has 2 N–H and O–H groups in total. The van der Waals surface area contributed by atoms with E-state index in [0.29, 0.717) is 0 Å². The smallest absolute Gasteiger partial charge is 0.0191 e. The molecule has 2 nitrogen and oxygen atoms in total. The van der Waals surface area contributed by atoms with Gasteiger partial charge in [0.15, 0.2) is 0 Å². The van der Waals surface area contributed by atoms with Gasteiger partial charge < -0.3 is 10.6 Å². The molecule has 0 bridgehead atoms. The SMILES string of the molecule is CN(CCC1(N)CCC1)C1CCSC1. The van der Waals surface area contributed by atoms with Crippen LogP contribution in [0, 0.1) is 0 Å². The third-order valence-corrected chi connectivity index (χ3v) is 4.99. The summed E-state index contributed by atoms with van der Waals surface area (Å²) in [6, 6.07) is 0.823. The highest BCUT2D eigenvalue weighted by Crippen LogP contribution is 2.32. The standard InChI is InChI=1S/C11H22N2S/c1-13(10-3-8-14-9-10)7-6-11(12)4-2-5-11/h10H,2-9,12H2,1H3. The second kappa shape index (κ2) is 4.42. The number of nitrogens with two attached hydrogens (primary N) is 1. The summed E-state index contributed by atoms with van der Waals surface area (Å²) < 4.78 is 0. The minimum absolute atomic E-state index is 0.208. The van der Waals surface area contributed by atoms with E-state index in [9.17, 15) is 0 Å². The van der Waals surface area contributed by atoms with E-state index < -0.39 is 0 Å². The van der Waals surface area contributed by atoms with E-state index in [-0.39, 0.29) is 5.54 Å². The van der Waals surface area contributed by atoms with Gasteiger partial charge in [-0.3, -0.25) is 0 Å². The zero-order chi connectivity index (χ0) is 10.0. The fourth-order valence-electron chi connectivity index (χ4n) is 2.33. The fraction of sp³-hybridized carbons (Fsp3) is 1.00. The van der Waals surface area contributed by atoms with Gasteiger partial charge >= 0.3 is 0 Å². The lowest BCUT2D eigenvalue weighted by Crippen LogP contribution is -2.49. The predicted octanol–water partition coefficient (Wildman–Crippen LogP) is 1.70. The molecule has 2 aliphatic rings. The van der Waals surface area contributed by atoms with Crippen molar-refractivity contribution in [2.75, 3.05) is 25.1 Å². The number of rotatable bonds is 4. The van der Waals surface area contributed by atoms with Crippen LogP contribution in [0.25, 0.3) is 0 Å². The van der Waals surface area contributed by atoms with Crippen LogP contribution in [0.4, 0.5) is 0 Å². The summed E-state index contributed by atoms with van der Waals surface area (Å²) in [5.74, 6) is 2.68.